The lowest BCUT2D eigenvalue weighted by atomic mass is 9.93. The molecule has 1 aromatic carbocycles. The van der Waals surface area contributed by atoms with E-state index in [4.69, 9.17) is 14.6 Å². The first-order chi connectivity index (χ1) is 9.59. The fourth-order valence-electron chi connectivity index (χ4n) is 2.21. The van der Waals surface area contributed by atoms with Crippen LogP contribution in [-0.2, 0) is 4.74 Å². The van der Waals surface area contributed by atoms with Crippen molar-refractivity contribution in [3.8, 4) is 5.75 Å². The van der Waals surface area contributed by atoms with Gasteiger partial charge in [0.2, 0.25) is 0 Å². The van der Waals surface area contributed by atoms with Crippen LogP contribution in [0, 0.1) is 0 Å². The van der Waals surface area contributed by atoms with Crippen LogP contribution in [-0.4, -0.2) is 43.0 Å². The number of carboxylic acids is 1. The Kier molecular flexibility index (Phi) is 4.98. The second kappa shape index (κ2) is 6.72. The quantitative estimate of drug-likeness (QED) is 0.779. The summed E-state index contributed by atoms with van der Waals surface area (Å²) in [5.74, 6) is -0.236. The molecule has 0 atom stereocenters. The van der Waals surface area contributed by atoms with Gasteiger partial charge >= 0.3 is 5.97 Å². The summed E-state index contributed by atoms with van der Waals surface area (Å²) in [6.07, 6.45) is 2.03. The van der Waals surface area contributed by atoms with E-state index >= 15 is 0 Å². The molecule has 1 heterocycles. The van der Waals surface area contributed by atoms with Gasteiger partial charge in [-0.2, -0.15) is 0 Å². The lowest BCUT2D eigenvalue weighted by molar-refractivity contribution is 0.0440. The maximum atomic E-state index is 10.7. The Morgan fingerprint density at radius 3 is 2.60 bits per heavy atom. The van der Waals surface area contributed by atoms with E-state index in [1.807, 2.05) is 0 Å². The van der Waals surface area contributed by atoms with Gasteiger partial charge in [-0.3, -0.25) is 0 Å². The summed E-state index contributed by atoms with van der Waals surface area (Å²) >= 11 is 0. The zero-order valence-electron chi connectivity index (χ0n) is 11.7. The molecule has 0 bridgehead atoms. The number of hydrogen-bond acceptors (Lipinski definition) is 4. The van der Waals surface area contributed by atoms with Crippen molar-refractivity contribution in [1.29, 1.82) is 0 Å². The third-order valence-corrected chi connectivity index (χ3v) is 3.62. The van der Waals surface area contributed by atoms with Gasteiger partial charge in [-0.25, -0.2) is 4.79 Å². The maximum absolute atomic E-state index is 10.7. The molecule has 5 heteroatoms. The molecule has 1 saturated heterocycles. The minimum atomic E-state index is -0.925. The highest BCUT2D eigenvalue weighted by atomic mass is 16.5. The van der Waals surface area contributed by atoms with E-state index in [9.17, 15) is 4.79 Å². The topological polar surface area (TPSA) is 67.8 Å². The minimum absolute atomic E-state index is 0.134. The van der Waals surface area contributed by atoms with Crippen molar-refractivity contribution < 1.29 is 19.4 Å². The molecule has 0 spiro atoms. The van der Waals surface area contributed by atoms with Gasteiger partial charge in [0, 0.05) is 25.3 Å². The van der Waals surface area contributed by atoms with Crippen LogP contribution in [0.15, 0.2) is 24.3 Å². The second-order valence-electron chi connectivity index (χ2n) is 5.28. The van der Waals surface area contributed by atoms with Gasteiger partial charge in [0.15, 0.2) is 0 Å². The molecular weight excluding hydrogens is 258 g/mol. The summed E-state index contributed by atoms with van der Waals surface area (Å²) in [5, 5.41) is 12.3. The number of benzene rings is 1. The molecule has 1 aromatic rings. The van der Waals surface area contributed by atoms with E-state index < -0.39 is 5.97 Å². The van der Waals surface area contributed by atoms with E-state index in [2.05, 4.69) is 12.2 Å². The van der Waals surface area contributed by atoms with Crippen LogP contribution < -0.4 is 10.1 Å². The third kappa shape index (κ3) is 4.21. The Morgan fingerprint density at radius 1 is 1.35 bits per heavy atom. The first kappa shape index (κ1) is 14.8. The van der Waals surface area contributed by atoms with Crippen LogP contribution in [0.1, 0.15) is 30.1 Å². The molecule has 5 nitrogen and oxygen atoms in total. The van der Waals surface area contributed by atoms with Gasteiger partial charge in [0.25, 0.3) is 0 Å². The van der Waals surface area contributed by atoms with Crippen LogP contribution in [0.4, 0.5) is 0 Å². The molecule has 0 aromatic heterocycles. The van der Waals surface area contributed by atoms with Gasteiger partial charge in [-0.1, -0.05) is 0 Å². The molecular formula is C15H21NO4. The SMILES string of the molecule is CC1(NCCOc2ccc(C(=O)O)cc2)CCOCC1. The Labute approximate surface area is 118 Å². The van der Waals surface area contributed by atoms with E-state index in [0.717, 1.165) is 32.6 Å². The first-order valence-electron chi connectivity index (χ1n) is 6.88. The van der Waals surface area contributed by atoms with Crippen molar-refractivity contribution in [2.24, 2.45) is 0 Å². The Hall–Kier alpha value is -1.59. The molecule has 0 radical (unpaired) electrons. The molecule has 20 heavy (non-hydrogen) atoms. The van der Waals surface area contributed by atoms with Crippen molar-refractivity contribution in [3.05, 3.63) is 29.8 Å². The molecule has 0 aliphatic carbocycles. The molecule has 0 unspecified atom stereocenters. The number of ether oxygens (including phenoxy) is 2. The van der Waals surface area contributed by atoms with E-state index in [1.54, 1.807) is 24.3 Å². The fraction of sp³-hybridized carbons (Fsp3) is 0.533. The van der Waals surface area contributed by atoms with Crippen molar-refractivity contribution in [2.75, 3.05) is 26.4 Å². The number of carboxylic acid groups (broad SMARTS) is 1. The van der Waals surface area contributed by atoms with Gasteiger partial charge in [0.1, 0.15) is 12.4 Å². The summed E-state index contributed by atoms with van der Waals surface area (Å²) in [7, 11) is 0. The maximum Gasteiger partial charge on any atom is 0.335 e. The lowest BCUT2D eigenvalue weighted by Crippen LogP contribution is -2.48. The second-order valence-corrected chi connectivity index (χ2v) is 5.28. The predicted molar refractivity (Wildman–Crippen MR) is 75.4 cm³/mol. The van der Waals surface area contributed by atoms with Gasteiger partial charge < -0.3 is 19.9 Å². The summed E-state index contributed by atoms with van der Waals surface area (Å²) in [6.45, 7) is 5.14. The number of nitrogens with one attached hydrogen (secondary N) is 1. The highest BCUT2D eigenvalue weighted by molar-refractivity contribution is 5.87. The van der Waals surface area contributed by atoms with Crippen LogP contribution >= 0.6 is 0 Å². The Bertz CT molecular complexity index is 438. The van der Waals surface area contributed by atoms with E-state index in [0.29, 0.717) is 12.4 Å². The molecule has 1 fully saturated rings. The molecule has 2 N–H and O–H groups in total. The van der Waals surface area contributed by atoms with Crippen LogP contribution in [0.2, 0.25) is 0 Å². The summed E-state index contributed by atoms with van der Waals surface area (Å²) in [5.41, 5.74) is 0.402. The summed E-state index contributed by atoms with van der Waals surface area (Å²) in [6, 6.07) is 6.45. The minimum Gasteiger partial charge on any atom is -0.492 e. The molecule has 2 rings (SSSR count). The zero-order chi connectivity index (χ0) is 14.4. The molecule has 1 aliphatic heterocycles. The number of hydrogen-bond donors (Lipinski definition) is 2. The van der Waals surface area contributed by atoms with E-state index in [-0.39, 0.29) is 11.1 Å². The van der Waals surface area contributed by atoms with Crippen molar-refractivity contribution in [2.45, 2.75) is 25.3 Å². The summed E-state index contributed by atoms with van der Waals surface area (Å²) in [4.78, 5) is 10.7. The van der Waals surface area contributed by atoms with E-state index in [1.165, 1.54) is 0 Å². The zero-order valence-corrected chi connectivity index (χ0v) is 11.7. The normalized spacial score (nSPS) is 17.6. The van der Waals surface area contributed by atoms with Crippen LogP contribution in [0.5, 0.6) is 5.75 Å². The van der Waals surface area contributed by atoms with Gasteiger partial charge in [-0.05, 0) is 44.0 Å². The smallest absolute Gasteiger partial charge is 0.335 e. The average Bonchev–Trinajstić information content (AvgIpc) is 2.45. The number of rotatable bonds is 6. The van der Waals surface area contributed by atoms with Crippen molar-refractivity contribution in [3.63, 3.8) is 0 Å². The summed E-state index contributed by atoms with van der Waals surface area (Å²) < 4.78 is 10.9. The first-order valence-corrected chi connectivity index (χ1v) is 6.88. The lowest BCUT2D eigenvalue weighted by Gasteiger charge is -2.34. The average molecular weight is 279 g/mol. The molecule has 110 valence electrons. The highest BCUT2D eigenvalue weighted by Gasteiger charge is 2.26. The number of aromatic carboxylic acids is 1. The Balaban J connectivity index is 1.71. The molecule has 0 amide bonds. The standard InChI is InChI=1S/C15H21NO4/c1-15(6-9-19-10-7-15)16-8-11-20-13-4-2-12(3-5-13)14(17)18/h2-5,16H,6-11H2,1H3,(H,17,18). The van der Waals surface area contributed by atoms with Crippen LogP contribution in [0.3, 0.4) is 0 Å². The van der Waals surface area contributed by atoms with Crippen molar-refractivity contribution >= 4 is 5.97 Å². The van der Waals surface area contributed by atoms with Crippen LogP contribution in [0.25, 0.3) is 0 Å². The number of carbonyl (C=O) groups is 1. The Morgan fingerprint density at radius 2 is 2.00 bits per heavy atom. The molecule has 0 saturated carbocycles. The largest absolute Gasteiger partial charge is 0.492 e. The monoisotopic (exact) mass is 279 g/mol. The fourth-order valence-corrected chi connectivity index (χ4v) is 2.21. The molecule has 1 aliphatic rings. The predicted octanol–water partition coefficient (Wildman–Crippen LogP) is 1.92. The highest BCUT2D eigenvalue weighted by Crippen LogP contribution is 2.19. The van der Waals surface area contributed by atoms with Gasteiger partial charge in [0.05, 0.1) is 5.56 Å². The van der Waals surface area contributed by atoms with Gasteiger partial charge in [-0.15, -0.1) is 0 Å². The third-order valence-electron chi connectivity index (χ3n) is 3.62. The van der Waals surface area contributed by atoms with Crippen molar-refractivity contribution in [1.82, 2.24) is 5.32 Å².